The Balaban J connectivity index is 1.71. The zero-order chi connectivity index (χ0) is 13.7. The number of thioether (sulfide) groups is 1. The maximum Gasteiger partial charge on any atom is 0.239 e. The van der Waals surface area contributed by atoms with Crippen molar-refractivity contribution in [1.29, 1.82) is 0 Å². The van der Waals surface area contributed by atoms with Crippen molar-refractivity contribution < 1.29 is 9.59 Å². The quantitative estimate of drug-likeness (QED) is 0.786. The first kappa shape index (κ1) is 13.9. The monoisotopic (exact) mass is 279 g/mol. The Bertz CT molecular complexity index is 448. The predicted molar refractivity (Wildman–Crippen MR) is 73.8 cm³/mol. The van der Waals surface area contributed by atoms with Gasteiger partial charge in [0.1, 0.15) is 0 Å². The molecule has 2 rings (SSSR count). The van der Waals surface area contributed by atoms with Crippen molar-refractivity contribution >= 4 is 23.6 Å². The van der Waals surface area contributed by atoms with E-state index < -0.39 is 0 Å². The lowest BCUT2D eigenvalue weighted by atomic mass is 10.4. The van der Waals surface area contributed by atoms with E-state index in [1.807, 2.05) is 18.2 Å². The number of carbonyl (C=O) groups excluding carboxylic acids is 2. The van der Waals surface area contributed by atoms with Gasteiger partial charge in [-0.1, -0.05) is 17.8 Å². The zero-order valence-electron chi connectivity index (χ0n) is 10.8. The molecular formula is C13H17N3O2S. The van der Waals surface area contributed by atoms with E-state index in [0.717, 1.165) is 17.9 Å². The molecule has 5 nitrogen and oxygen atoms in total. The Morgan fingerprint density at radius 1 is 1.47 bits per heavy atom. The Morgan fingerprint density at radius 2 is 2.26 bits per heavy atom. The fraction of sp³-hybridized carbons (Fsp3) is 0.462. The maximum atomic E-state index is 11.9. The van der Waals surface area contributed by atoms with Crippen LogP contribution in [0.4, 0.5) is 0 Å². The molecule has 1 aromatic rings. The second-order valence-corrected chi connectivity index (χ2v) is 5.54. The Kier molecular flexibility index (Phi) is 4.79. The lowest BCUT2D eigenvalue weighted by Crippen LogP contribution is -2.39. The Morgan fingerprint density at radius 3 is 2.89 bits per heavy atom. The number of likely N-dealkylation sites (N-methyl/N-ethyl adjacent to an activating group) is 1. The van der Waals surface area contributed by atoms with Gasteiger partial charge in [-0.2, -0.15) is 0 Å². The van der Waals surface area contributed by atoms with Crippen LogP contribution in [0.25, 0.3) is 0 Å². The molecule has 1 aromatic heterocycles. The van der Waals surface area contributed by atoms with E-state index in [0.29, 0.717) is 11.8 Å². The van der Waals surface area contributed by atoms with E-state index in [1.165, 1.54) is 16.7 Å². The first-order valence-electron chi connectivity index (χ1n) is 6.22. The van der Waals surface area contributed by atoms with Gasteiger partial charge in [0.25, 0.3) is 0 Å². The highest BCUT2D eigenvalue weighted by Gasteiger charge is 2.24. The number of amides is 2. The molecule has 0 saturated heterocycles. The van der Waals surface area contributed by atoms with Crippen molar-refractivity contribution in [1.82, 2.24) is 15.2 Å². The number of nitrogens with zero attached hydrogens (tertiary/aromatic N) is 2. The molecule has 0 radical (unpaired) electrons. The number of hydrogen-bond acceptors (Lipinski definition) is 4. The first-order chi connectivity index (χ1) is 9.15. The molecule has 1 heterocycles. The van der Waals surface area contributed by atoms with Gasteiger partial charge in [-0.15, -0.1) is 0 Å². The molecular weight excluding hydrogens is 262 g/mol. The van der Waals surface area contributed by atoms with Crippen molar-refractivity contribution in [2.75, 3.05) is 19.3 Å². The molecule has 1 fully saturated rings. The van der Waals surface area contributed by atoms with Gasteiger partial charge >= 0.3 is 0 Å². The largest absolute Gasteiger partial charge is 0.352 e. The standard InChI is InChI=1S/C13H17N3O2S/c1-16(8-11(17)15-10-5-6-10)13(18)9-19-12-4-2-3-7-14-12/h2-4,7,10H,5-6,8-9H2,1H3,(H,15,17). The summed E-state index contributed by atoms with van der Waals surface area (Å²) in [4.78, 5) is 29.0. The highest BCUT2D eigenvalue weighted by Crippen LogP contribution is 2.18. The molecule has 1 aliphatic carbocycles. The molecule has 102 valence electrons. The van der Waals surface area contributed by atoms with Gasteiger partial charge in [-0.25, -0.2) is 4.98 Å². The molecule has 0 unspecified atom stereocenters. The van der Waals surface area contributed by atoms with Gasteiger partial charge in [0.15, 0.2) is 0 Å². The topological polar surface area (TPSA) is 62.3 Å². The fourth-order valence-electron chi connectivity index (χ4n) is 1.48. The van der Waals surface area contributed by atoms with Crippen molar-refractivity contribution in [2.24, 2.45) is 0 Å². The van der Waals surface area contributed by atoms with Crippen LogP contribution in [-0.4, -0.2) is 47.1 Å². The molecule has 0 spiro atoms. The molecule has 1 N–H and O–H groups in total. The van der Waals surface area contributed by atoms with Gasteiger partial charge in [0.2, 0.25) is 11.8 Å². The van der Waals surface area contributed by atoms with Crippen LogP contribution >= 0.6 is 11.8 Å². The van der Waals surface area contributed by atoms with Gasteiger partial charge in [0.05, 0.1) is 17.3 Å². The second kappa shape index (κ2) is 6.56. The number of rotatable bonds is 6. The van der Waals surface area contributed by atoms with Gasteiger partial charge < -0.3 is 10.2 Å². The van der Waals surface area contributed by atoms with Crippen LogP contribution in [0.5, 0.6) is 0 Å². The van der Waals surface area contributed by atoms with E-state index in [2.05, 4.69) is 10.3 Å². The molecule has 19 heavy (non-hydrogen) atoms. The van der Waals surface area contributed by atoms with Crippen molar-refractivity contribution in [3.05, 3.63) is 24.4 Å². The highest BCUT2D eigenvalue weighted by molar-refractivity contribution is 7.99. The third-order valence-corrected chi connectivity index (χ3v) is 3.66. The SMILES string of the molecule is CN(CC(=O)NC1CC1)C(=O)CSc1ccccn1. The maximum absolute atomic E-state index is 11.9. The van der Waals surface area contributed by atoms with Crippen LogP contribution in [0.3, 0.4) is 0 Å². The number of aromatic nitrogens is 1. The summed E-state index contributed by atoms with van der Waals surface area (Å²) in [7, 11) is 1.65. The van der Waals surface area contributed by atoms with E-state index in [-0.39, 0.29) is 18.4 Å². The minimum atomic E-state index is -0.0822. The number of pyridine rings is 1. The second-order valence-electron chi connectivity index (χ2n) is 4.55. The van der Waals surface area contributed by atoms with Crippen molar-refractivity contribution in [3.8, 4) is 0 Å². The molecule has 0 atom stereocenters. The van der Waals surface area contributed by atoms with E-state index in [1.54, 1.807) is 13.2 Å². The molecule has 0 bridgehead atoms. The van der Waals surface area contributed by atoms with Crippen molar-refractivity contribution in [3.63, 3.8) is 0 Å². The Hall–Kier alpha value is -1.56. The van der Waals surface area contributed by atoms with Crippen LogP contribution in [0, 0.1) is 0 Å². The van der Waals surface area contributed by atoms with Crippen LogP contribution in [0.1, 0.15) is 12.8 Å². The summed E-state index contributed by atoms with van der Waals surface area (Å²) in [5.41, 5.74) is 0. The summed E-state index contributed by atoms with van der Waals surface area (Å²) in [6.45, 7) is 0.123. The van der Waals surface area contributed by atoms with E-state index in [4.69, 9.17) is 0 Å². The van der Waals surface area contributed by atoms with Crippen molar-refractivity contribution in [2.45, 2.75) is 23.9 Å². The number of carbonyl (C=O) groups is 2. The third kappa shape index (κ3) is 4.90. The summed E-state index contributed by atoms with van der Waals surface area (Å²) in [5.74, 6) is 0.146. The van der Waals surface area contributed by atoms with Crippen LogP contribution in [-0.2, 0) is 9.59 Å². The Labute approximate surface area is 116 Å². The van der Waals surface area contributed by atoms with E-state index in [9.17, 15) is 9.59 Å². The lowest BCUT2D eigenvalue weighted by molar-refractivity contribution is -0.132. The minimum absolute atomic E-state index is 0.0680. The summed E-state index contributed by atoms with van der Waals surface area (Å²) >= 11 is 1.38. The smallest absolute Gasteiger partial charge is 0.239 e. The average Bonchev–Trinajstić information content (AvgIpc) is 3.20. The van der Waals surface area contributed by atoms with Gasteiger partial charge in [-0.3, -0.25) is 9.59 Å². The summed E-state index contributed by atoms with van der Waals surface area (Å²) < 4.78 is 0. The normalized spacial score (nSPS) is 13.9. The van der Waals surface area contributed by atoms with Gasteiger partial charge in [-0.05, 0) is 25.0 Å². The molecule has 0 aliphatic heterocycles. The zero-order valence-corrected chi connectivity index (χ0v) is 11.7. The summed E-state index contributed by atoms with van der Waals surface area (Å²) in [5, 5.41) is 3.67. The summed E-state index contributed by atoms with van der Waals surface area (Å²) in [6, 6.07) is 5.91. The molecule has 1 aliphatic rings. The lowest BCUT2D eigenvalue weighted by Gasteiger charge is -2.16. The van der Waals surface area contributed by atoms with E-state index >= 15 is 0 Å². The van der Waals surface area contributed by atoms with Crippen LogP contribution in [0.15, 0.2) is 29.4 Å². The minimum Gasteiger partial charge on any atom is -0.352 e. The summed E-state index contributed by atoms with van der Waals surface area (Å²) in [6.07, 6.45) is 3.80. The molecule has 1 saturated carbocycles. The average molecular weight is 279 g/mol. The molecule has 6 heteroatoms. The van der Waals surface area contributed by atoms with Gasteiger partial charge in [0, 0.05) is 19.3 Å². The van der Waals surface area contributed by atoms with Crippen LogP contribution < -0.4 is 5.32 Å². The molecule has 2 amide bonds. The number of nitrogens with one attached hydrogen (secondary N) is 1. The molecule has 0 aromatic carbocycles. The van der Waals surface area contributed by atoms with Crippen LogP contribution in [0.2, 0.25) is 0 Å². The fourth-order valence-corrected chi connectivity index (χ4v) is 2.28. The third-order valence-electron chi connectivity index (χ3n) is 2.73. The predicted octanol–water partition coefficient (Wildman–Crippen LogP) is 0.911. The highest BCUT2D eigenvalue weighted by atomic mass is 32.2. The number of hydrogen-bond donors (Lipinski definition) is 1. The first-order valence-corrected chi connectivity index (χ1v) is 7.21.